The molecule has 0 bridgehead atoms. The molecule has 18 heavy (non-hydrogen) atoms. The van der Waals surface area contributed by atoms with Crippen LogP contribution in [-0.4, -0.2) is 5.97 Å². The number of carbonyl (C=O) groups excluding carboxylic acids is 1. The minimum atomic E-state index is -0.437. The van der Waals surface area contributed by atoms with Crippen LogP contribution in [0.15, 0.2) is 47.9 Å². The average Bonchev–Trinajstić information content (AvgIpc) is 2.90. The van der Waals surface area contributed by atoms with Gasteiger partial charge >= 0.3 is 5.97 Å². The molecule has 3 nitrogen and oxygen atoms in total. The van der Waals surface area contributed by atoms with Gasteiger partial charge in [0.15, 0.2) is 0 Å². The van der Waals surface area contributed by atoms with Gasteiger partial charge in [0.2, 0.25) is 0 Å². The van der Waals surface area contributed by atoms with Gasteiger partial charge in [-0.2, -0.15) is 5.26 Å². The molecule has 2 rings (SSSR count). The molecule has 0 unspecified atom stereocenters. The number of nitrogens with zero attached hydrogens (tertiary/aromatic N) is 1. The molecule has 0 amide bonds. The Morgan fingerprint density at radius 1 is 1.28 bits per heavy atom. The highest BCUT2D eigenvalue weighted by Gasteiger charge is 2.00. The van der Waals surface area contributed by atoms with E-state index in [0.29, 0.717) is 11.3 Å². The average molecular weight is 255 g/mol. The van der Waals surface area contributed by atoms with Crippen LogP contribution in [0, 0.1) is 11.3 Å². The summed E-state index contributed by atoms with van der Waals surface area (Å²) in [4.78, 5) is 12.5. The SMILES string of the molecule is N#Cc1ccc(OC(=O)/C=C/c2cccs2)cc1. The number of ether oxygens (including phenoxy) is 1. The molecule has 0 aliphatic carbocycles. The molecular weight excluding hydrogens is 246 g/mol. The van der Waals surface area contributed by atoms with Crippen LogP contribution in [0.2, 0.25) is 0 Å². The van der Waals surface area contributed by atoms with Crippen LogP contribution in [0.3, 0.4) is 0 Å². The summed E-state index contributed by atoms with van der Waals surface area (Å²) >= 11 is 1.55. The smallest absolute Gasteiger partial charge is 0.336 e. The molecule has 0 radical (unpaired) electrons. The van der Waals surface area contributed by atoms with Crippen molar-refractivity contribution in [1.82, 2.24) is 0 Å². The summed E-state index contributed by atoms with van der Waals surface area (Å²) < 4.78 is 5.08. The Balaban J connectivity index is 1.97. The first-order valence-corrected chi connectivity index (χ1v) is 6.09. The van der Waals surface area contributed by atoms with Crippen molar-refractivity contribution in [3.05, 3.63) is 58.3 Å². The van der Waals surface area contributed by atoms with Gasteiger partial charge < -0.3 is 4.74 Å². The minimum Gasteiger partial charge on any atom is -0.423 e. The lowest BCUT2D eigenvalue weighted by molar-refractivity contribution is -0.128. The maximum atomic E-state index is 11.5. The molecule has 0 aliphatic rings. The zero-order chi connectivity index (χ0) is 12.8. The summed E-state index contributed by atoms with van der Waals surface area (Å²) in [5, 5.41) is 10.6. The molecule has 1 aromatic carbocycles. The molecule has 0 aliphatic heterocycles. The normalized spacial score (nSPS) is 10.2. The van der Waals surface area contributed by atoms with Crippen molar-refractivity contribution in [2.45, 2.75) is 0 Å². The van der Waals surface area contributed by atoms with Crippen LogP contribution in [0.4, 0.5) is 0 Å². The number of hydrogen-bond donors (Lipinski definition) is 0. The van der Waals surface area contributed by atoms with Crippen molar-refractivity contribution in [2.24, 2.45) is 0 Å². The molecule has 0 fully saturated rings. The van der Waals surface area contributed by atoms with Crippen LogP contribution in [-0.2, 0) is 4.79 Å². The Kier molecular flexibility index (Phi) is 3.90. The Morgan fingerprint density at radius 2 is 2.06 bits per heavy atom. The monoisotopic (exact) mass is 255 g/mol. The van der Waals surface area contributed by atoms with Gasteiger partial charge in [0.05, 0.1) is 11.6 Å². The maximum Gasteiger partial charge on any atom is 0.336 e. The Bertz CT molecular complexity index is 592. The molecule has 1 aromatic heterocycles. The summed E-state index contributed by atoms with van der Waals surface area (Å²) in [5.41, 5.74) is 0.531. The zero-order valence-corrected chi connectivity index (χ0v) is 10.2. The fraction of sp³-hybridized carbons (Fsp3) is 0. The second-order valence-electron chi connectivity index (χ2n) is 3.41. The van der Waals surface area contributed by atoms with E-state index >= 15 is 0 Å². The van der Waals surface area contributed by atoms with Crippen molar-refractivity contribution in [3.63, 3.8) is 0 Å². The van der Waals surface area contributed by atoms with Crippen LogP contribution >= 0.6 is 11.3 Å². The van der Waals surface area contributed by atoms with Gasteiger partial charge in [0.25, 0.3) is 0 Å². The van der Waals surface area contributed by atoms with E-state index in [9.17, 15) is 4.79 Å². The van der Waals surface area contributed by atoms with Crippen LogP contribution in [0.5, 0.6) is 5.75 Å². The number of benzene rings is 1. The Hall–Kier alpha value is -2.38. The van der Waals surface area contributed by atoms with Crippen molar-refractivity contribution >= 4 is 23.4 Å². The predicted molar refractivity (Wildman–Crippen MR) is 70.1 cm³/mol. The van der Waals surface area contributed by atoms with Crippen LogP contribution in [0.1, 0.15) is 10.4 Å². The molecule has 0 saturated heterocycles. The number of carbonyl (C=O) groups is 1. The van der Waals surface area contributed by atoms with Gasteiger partial charge in [-0.1, -0.05) is 6.07 Å². The number of thiophene rings is 1. The molecule has 1 heterocycles. The van der Waals surface area contributed by atoms with Crippen molar-refractivity contribution in [2.75, 3.05) is 0 Å². The van der Waals surface area contributed by atoms with E-state index in [-0.39, 0.29) is 0 Å². The quantitative estimate of drug-likeness (QED) is 0.480. The third-order valence-corrected chi connectivity index (χ3v) is 2.97. The highest BCUT2D eigenvalue weighted by Crippen LogP contribution is 2.13. The number of hydrogen-bond acceptors (Lipinski definition) is 4. The van der Waals surface area contributed by atoms with Gasteiger partial charge in [0.1, 0.15) is 5.75 Å². The second-order valence-corrected chi connectivity index (χ2v) is 4.39. The zero-order valence-electron chi connectivity index (χ0n) is 9.37. The van der Waals surface area contributed by atoms with Crippen LogP contribution < -0.4 is 4.74 Å². The molecule has 0 saturated carbocycles. The first kappa shape index (κ1) is 12.1. The lowest BCUT2D eigenvalue weighted by Crippen LogP contribution is -2.03. The fourth-order valence-electron chi connectivity index (χ4n) is 1.28. The van der Waals surface area contributed by atoms with E-state index in [2.05, 4.69) is 0 Å². The molecule has 4 heteroatoms. The highest BCUT2D eigenvalue weighted by atomic mass is 32.1. The molecule has 0 atom stereocenters. The Labute approximate surface area is 109 Å². The summed E-state index contributed by atoms with van der Waals surface area (Å²) in [5.74, 6) is -0.0112. The standard InChI is InChI=1S/C14H9NO2S/c15-10-11-3-5-12(6-4-11)17-14(16)8-7-13-2-1-9-18-13/h1-9H/b8-7+. The van der Waals surface area contributed by atoms with Crippen molar-refractivity contribution < 1.29 is 9.53 Å². The van der Waals surface area contributed by atoms with Gasteiger partial charge in [0, 0.05) is 11.0 Å². The lowest BCUT2D eigenvalue weighted by atomic mass is 10.2. The predicted octanol–water partition coefficient (Wildman–Crippen LogP) is 3.24. The molecular formula is C14H9NO2S. The molecule has 88 valence electrons. The fourth-order valence-corrected chi connectivity index (χ4v) is 1.90. The third-order valence-electron chi connectivity index (χ3n) is 2.13. The Morgan fingerprint density at radius 3 is 2.67 bits per heavy atom. The van der Waals surface area contributed by atoms with Crippen molar-refractivity contribution in [1.29, 1.82) is 5.26 Å². The molecule has 2 aromatic rings. The van der Waals surface area contributed by atoms with Gasteiger partial charge in [-0.25, -0.2) is 4.79 Å². The first-order valence-electron chi connectivity index (χ1n) is 5.21. The van der Waals surface area contributed by atoms with E-state index in [0.717, 1.165) is 4.88 Å². The second kappa shape index (κ2) is 5.80. The lowest BCUT2D eigenvalue weighted by Gasteiger charge is -2.00. The number of nitriles is 1. The van der Waals surface area contributed by atoms with E-state index in [1.165, 1.54) is 6.08 Å². The summed E-state index contributed by atoms with van der Waals surface area (Å²) in [6.45, 7) is 0. The molecule has 0 spiro atoms. The van der Waals surface area contributed by atoms with E-state index in [1.807, 2.05) is 23.6 Å². The number of esters is 1. The topological polar surface area (TPSA) is 50.1 Å². The minimum absolute atomic E-state index is 0.426. The van der Waals surface area contributed by atoms with E-state index in [4.69, 9.17) is 10.00 Å². The van der Waals surface area contributed by atoms with Gasteiger partial charge in [-0.05, 0) is 41.8 Å². The highest BCUT2D eigenvalue weighted by molar-refractivity contribution is 7.10. The maximum absolute atomic E-state index is 11.5. The number of rotatable bonds is 3. The molecule has 0 N–H and O–H groups in total. The summed E-state index contributed by atoms with van der Waals surface area (Å²) in [6.07, 6.45) is 3.08. The summed E-state index contributed by atoms with van der Waals surface area (Å²) in [7, 11) is 0. The van der Waals surface area contributed by atoms with Crippen LogP contribution in [0.25, 0.3) is 6.08 Å². The third kappa shape index (κ3) is 3.30. The van der Waals surface area contributed by atoms with Crippen molar-refractivity contribution in [3.8, 4) is 11.8 Å². The van der Waals surface area contributed by atoms with Gasteiger partial charge in [-0.15, -0.1) is 11.3 Å². The van der Waals surface area contributed by atoms with Gasteiger partial charge in [-0.3, -0.25) is 0 Å². The van der Waals surface area contributed by atoms with E-state index in [1.54, 1.807) is 41.7 Å². The summed E-state index contributed by atoms with van der Waals surface area (Å²) in [6, 6.07) is 12.2. The largest absolute Gasteiger partial charge is 0.423 e. The first-order chi connectivity index (χ1) is 8.78. The van der Waals surface area contributed by atoms with E-state index < -0.39 is 5.97 Å².